The van der Waals surface area contributed by atoms with E-state index in [2.05, 4.69) is 15.2 Å². The highest BCUT2D eigenvalue weighted by Gasteiger charge is 2.33. The second kappa shape index (κ2) is 13.1. The average Bonchev–Trinajstić information content (AvgIpc) is 3.88. The van der Waals surface area contributed by atoms with E-state index >= 15 is 0 Å². The number of pyridine rings is 1. The van der Waals surface area contributed by atoms with E-state index in [1.54, 1.807) is 41.4 Å². The number of nitrogens with one attached hydrogen (secondary N) is 1. The van der Waals surface area contributed by atoms with Crippen LogP contribution in [0.5, 0.6) is 0 Å². The summed E-state index contributed by atoms with van der Waals surface area (Å²) < 4.78 is 27.1. The highest BCUT2D eigenvalue weighted by Crippen LogP contribution is 2.37. The number of rotatable bonds is 10. The first-order valence-electron chi connectivity index (χ1n) is 15.2. The van der Waals surface area contributed by atoms with Crippen LogP contribution < -0.4 is 14.5 Å². The van der Waals surface area contributed by atoms with Gasteiger partial charge in [-0.25, -0.2) is 8.42 Å². The van der Waals surface area contributed by atoms with Crippen molar-refractivity contribution in [3.8, 4) is 0 Å². The third-order valence-electron chi connectivity index (χ3n) is 8.43. The number of hydrogen-bond donors (Lipinski definition) is 1. The van der Waals surface area contributed by atoms with Crippen molar-refractivity contribution >= 4 is 55.7 Å². The lowest BCUT2D eigenvalue weighted by Crippen LogP contribution is -2.55. The van der Waals surface area contributed by atoms with Gasteiger partial charge in [0.2, 0.25) is 15.9 Å². The Morgan fingerprint density at radius 1 is 0.978 bits per heavy atom. The molecule has 1 aromatic heterocycles. The summed E-state index contributed by atoms with van der Waals surface area (Å²) in [6.45, 7) is 2.41. The van der Waals surface area contributed by atoms with Gasteiger partial charge in [-0.1, -0.05) is 41.9 Å². The van der Waals surface area contributed by atoms with Crippen molar-refractivity contribution < 1.29 is 18.0 Å². The number of nitrogens with zero attached hydrogens (tertiary/aromatic N) is 4. The molecule has 0 unspecified atom stereocenters. The quantitative estimate of drug-likeness (QED) is 0.267. The van der Waals surface area contributed by atoms with Crippen molar-refractivity contribution in [3.05, 3.63) is 101 Å². The molecule has 4 aromatic rings. The number of carbonyl (C=O) groups excluding carboxylic acids is 2. The zero-order valence-corrected chi connectivity index (χ0v) is 26.7. The molecule has 3 aromatic carbocycles. The minimum atomic E-state index is -3.46. The highest BCUT2D eigenvalue weighted by molar-refractivity contribution is 7.92. The van der Waals surface area contributed by atoms with Gasteiger partial charge in [0.15, 0.2) is 0 Å². The van der Waals surface area contributed by atoms with E-state index in [0.29, 0.717) is 61.3 Å². The lowest BCUT2D eigenvalue weighted by atomic mass is 10.0. The molecule has 9 nitrogen and oxygen atoms in total. The molecule has 0 spiro atoms. The van der Waals surface area contributed by atoms with E-state index in [0.717, 1.165) is 35.0 Å². The maximum Gasteiger partial charge on any atom is 0.251 e. The fourth-order valence-corrected chi connectivity index (χ4v) is 6.91. The van der Waals surface area contributed by atoms with Gasteiger partial charge in [-0.05, 0) is 72.9 Å². The second-order valence-electron chi connectivity index (χ2n) is 11.8. The van der Waals surface area contributed by atoms with Crippen LogP contribution in [0.2, 0.25) is 5.02 Å². The number of fused-ring (bicyclic) bond motifs is 1. The third kappa shape index (κ3) is 7.40. The van der Waals surface area contributed by atoms with Gasteiger partial charge >= 0.3 is 0 Å². The van der Waals surface area contributed by atoms with Crippen LogP contribution >= 0.6 is 11.6 Å². The van der Waals surface area contributed by atoms with Gasteiger partial charge in [0.1, 0.15) is 6.04 Å². The largest absolute Gasteiger partial charge is 0.366 e. The Hall–Kier alpha value is -4.15. The summed E-state index contributed by atoms with van der Waals surface area (Å²) in [6.07, 6.45) is 5.36. The van der Waals surface area contributed by atoms with E-state index in [9.17, 15) is 18.0 Å². The fourth-order valence-electron chi connectivity index (χ4n) is 5.79. The standard InChI is InChI=1S/C34H36ClN5O4S/c1-45(43,44)40(23-25-8-9-25)32-7-3-2-6-31(32)38-17-19-39(20-18-38)34(42)30(21-24-10-13-28(35)14-11-24)37-33(41)27-12-15-29-26(22-27)5-4-16-36-29/h2-7,10-16,22,25,30H,8-9,17-21,23H2,1H3,(H,37,41)/t30-/m1/s1. The third-order valence-corrected chi connectivity index (χ3v) is 9.82. The molecule has 11 heteroatoms. The van der Waals surface area contributed by atoms with Crippen LogP contribution in [0.3, 0.4) is 0 Å². The Labute approximate surface area is 268 Å². The van der Waals surface area contributed by atoms with Crippen LogP contribution in [0.15, 0.2) is 85.1 Å². The Morgan fingerprint density at radius 2 is 1.71 bits per heavy atom. The minimum Gasteiger partial charge on any atom is -0.366 e. The summed E-state index contributed by atoms with van der Waals surface area (Å²) in [4.78, 5) is 35.7. The SMILES string of the molecule is CS(=O)(=O)N(CC1CC1)c1ccccc1N1CCN(C(=O)[C@@H](Cc2ccc(Cl)cc2)NC(=O)c2ccc3ncccc3c2)CC1. The molecule has 2 fully saturated rings. The molecule has 1 aliphatic heterocycles. The fraction of sp³-hybridized carbons (Fsp3) is 0.324. The van der Waals surface area contributed by atoms with Crippen molar-refractivity contribution in [2.75, 3.05) is 48.2 Å². The predicted molar refractivity (Wildman–Crippen MR) is 178 cm³/mol. The Balaban J connectivity index is 1.19. The summed E-state index contributed by atoms with van der Waals surface area (Å²) in [5.41, 5.74) is 3.63. The van der Waals surface area contributed by atoms with E-state index in [-0.39, 0.29) is 11.8 Å². The van der Waals surface area contributed by atoms with Crippen LogP contribution in [0.1, 0.15) is 28.8 Å². The molecule has 234 valence electrons. The lowest BCUT2D eigenvalue weighted by Gasteiger charge is -2.39. The monoisotopic (exact) mass is 645 g/mol. The number of para-hydroxylation sites is 2. The molecular weight excluding hydrogens is 610 g/mol. The number of carbonyl (C=O) groups is 2. The summed E-state index contributed by atoms with van der Waals surface area (Å²) in [6, 6.07) is 23.1. The number of sulfonamides is 1. The van der Waals surface area contributed by atoms with Gasteiger partial charge in [-0.15, -0.1) is 0 Å². The Bertz CT molecular complexity index is 1810. The molecule has 6 rings (SSSR count). The molecule has 45 heavy (non-hydrogen) atoms. The van der Waals surface area contributed by atoms with Crippen LogP contribution in [0.25, 0.3) is 10.9 Å². The van der Waals surface area contributed by atoms with Crippen LogP contribution in [-0.4, -0.2) is 75.1 Å². The van der Waals surface area contributed by atoms with Crippen molar-refractivity contribution in [1.29, 1.82) is 0 Å². The zero-order valence-electron chi connectivity index (χ0n) is 25.1. The molecule has 1 N–H and O–H groups in total. The van der Waals surface area contributed by atoms with Crippen LogP contribution in [0.4, 0.5) is 11.4 Å². The topological polar surface area (TPSA) is 103 Å². The molecule has 1 atom stereocenters. The minimum absolute atomic E-state index is 0.166. The maximum atomic E-state index is 14.0. The number of hydrogen-bond acceptors (Lipinski definition) is 6. The number of piperazine rings is 1. The van der Waals surface area contributed by atoms with E-state index in [1.165, 1.54) is 10.6 Å². The molecule has 0 radical (unpaired) electrons. The Morgan fingerprint density at radius 3 is 2.42 bits per heavy atom. The van der Waals surface area contributed by atoms with Crippen LogP contribution in [-0.2, 0) is 21.2 Å². The van der Waals surface area contributed by atoms with Crippen molar-refractivity contribution in [2.24, 2.45) is 5.92 Å². The molecule has 1 saturated heterocycles. The zero-order chi connectivity index (χ0) is 31.6. The summed E-state index contributed by atoms with van der Waals surface area (Å²) in [7, 11) is -3.46. The summed E-state index contributed by atoms with van der Waals surface area (Å²) in [5.74, 6) is -0.112. The first-order chi connectivity index (χ1) is 21.7. The molecule has 2 heterocycles. The highest BCUT2D eigenvalue weighted by atomic mass is 35.5. The number of amides is 2. The van der Waals surface area contributed by atoms with Gasteiger partial charge in [-0.3, -0.25) is 18.9 Å². The Kier molecular flexibility index (Phi) is 8.96. The smallest absolute Gasteiger partial charge is 0.251 e. The van der Waals surface area contributed by atoms with Crippen LogP contribution in [0, 0.1) is 5.92 Å². The normalized spacial score (nSPS) is 16.0. The molecule has 2 aliphatic rings. The molecule has 2 amide bonds. The van der Waals surface area contributed by atoms with Gasteiger partial charge in [0, 0.05) is 61.3 Å². The molecule has 1 saturated carbocycles. The number of anilines is 2. The molecule has 1 aliphatic carbocycles. The van der Waals surface area contributed by atoms with Gasteiger partial charge in [-0.2, -0.15) is 0 Å². The molecular formula is C34H36ClN5O4S. The average molecular weight is 646 g/mol. The lowest BCUT2D eigenvalue weighted by molar-refractivity contribution is -0.133. The van der Waals surface area contributed by atoms with E-state index < -0.39 is 16.1 Å². The number of benzene rings is 3. The van der Waals surface area contributed by atoms with Crippen molar-refractivity contribution in [1.82, 2.24) is 15.2 Å². The number of aromatic nitrogens is 1. The summed E-state index contributed by atoms with van der Waals surface area (Å²) in [5, 5.41) is 4.43. The first-order valence-corrected chi connectivity index (χ1v) is 17.4. The summed E-state index contributed by atoms with van der Waals surface area (Å²) >= 11 is 6.10. The van der Waals surface area contributed by atoms with Gasteiger partial charge < -0.3 is 15.1 Å². The first kappa shape index (κ1) is 30.9. The van der Waals surface area contributed by atoms with Gasteiger partial charge in [0.25, 0.3) is 5.91 Å². The van der Waals surface area contributed by atoms with Crippen molar-refractivity contribution in [2.45, 2.75) is 25.3 Å². The van der Waals surface area contributed by atoms with E-state index in [1.807, 2.05) is 48.5 Å². The molecule has 0 bridgehead atoms. The predicted octanol–water partition coefficient (Wildman–Crippen LogP) is 4.75. The number of halogens is 1. The van der Waals surface area contributed by atoms with Gasteiger partial charge in [0.05, 0.1) is 23.1 Å². The van der Waals surface area contributed by atoms with Crippen molar-refractivity contribution in [3.63, 3.8) is 0 Å². The van der Waals surface area contributed by atoms with E-state index in [4.69, 9.17) is 11.6 Å². The maximum absolute atomic E-state index is 14.0. The second-order valence-corrected chi connectivity index (χ2v) is 14.1.